The number of rotatable bonds is 2. The number of hydrogen-bond acceptors (Lipinski definition) is 2. The van der Waals surface area contributed by atoms with Crippen LogP contribution >= 0.6 is 0 Å². The molecule has 0 spiro atoms. The second kappa shape index (κ2) is 5.23. The molecule has 1 fully saturated rings. The van der Waals surface area contributed by atoms with Crippen molar-refractivity contribution in [3.05, 3.63) is 29.8 Å². The van der Waals surface area contributed by atoms with Crippen LogP contribution in [0.25, 0.3) is 0 Å². The Hall–Kier alpha value is -1.49. The molecule has 92 valence electrons. The van der Waals surface area contributed by atoms with E-state index in [-0.39, 0.29) is 17.5 Å². The Morgan fingerprint density at radius 1 is 1.41 bits per heavy atom. The van der Waals surface area contributed by atoms with Crippen LogP contribution < -0.4 is 10.6 Å². The second-order valence-corrected chi connectivity index (χ2v) is 4.13. The highest BCUT2D eigenvalue weighted by atomic mass is 19.2. The van der Waals surface area contributed by atoms with E-state index in [1.54, 1.807) is 0 Å². The van der Waals surface area contributed by atoms with Crippen molar-refractivity contribution in [3.63, 3.8) is 0 Å². The summed E-state index contributed by atoms with van der Waals surface area (Å²) in [6, 6.07) is 3.74. The fourth-order valence-corrected chi connectivity index (χ4v) is 1.91. The molecule has 0 saturated carbocycles. The summed E-state index contributed by atoms with van der Waals surface area (Å²) in [6.45, 7) is 1.49. The molecule has 1 heterocycles. The lowest BCUT2D eigenvalue weighted by atomic mass is 9.99. The number of hydrogen-bond donors (Lipinski definition) is 2. The third-order valence-corrected chi connectivity index (χ3v) is 2.88. The number of benzene rings is 1. The lowest BCUT2D eigenvalue weighted by Crippen LogP contribution is -2.37. The van der Waals surface area contributed by atoms with Gasteiger partial charge in [-0.25, -0.2) is 8.78 Å². The van der Waals surface area contributed by atoms with Gasteiger partial charge in [-0.1, -0.05) is 6.07 Å². The van der Waals surface area contributed by atoms with Crippen LogP contribution in [0.15, 0.2) is 18.2 Å². The molecule has 0 aliphatic carbocycles. The zero-order chi connectivity index (χ0) is 12.3. The Balaban J connectivity index is 2.04. The molecule has 1 saturated heterocycles. The number of halogens is 2. The molecule has 17 heavy (non-hydrogen) atoms. The van der Waals surface area contributed by atoms with Crippen LogP contribution in [0.5, 0.6) is 0 Å². The average Bonchev–Trinajstić information content (AvgIpc) is 2.36. The summed E-state index contributed by atoms with van der Waals surface area (Å²) >= 11 is 0. The molecule has 2 N–H and O–H groups in total. The minimum Gasteiger partial charge on any atom is -0.323 e. The van der Waals surface area contributed by atoms with Gasteiger partial charge in [0.25, 0.3) is 0 Å². The highest BCUT2D eigenvalue weighted by Gasteiger charge is 2.22. The Bertz CT molecular complexity index is 417. The molecule has 0 unspecified atom stereocenters. The van der Waals surface area contributed by atoms with E-state index < -0.39 is 11.6 Å². The van der Waals surface area contributed by atoms with Crippen molar-refractivity contribution in [2.45, 2.75) is 12.8 Å². The standard InChI is InChI=1S/C12H14F2N2O/c13-9-4-1-5-10(11(9)14)16-12(17)8-3-2-6-15-7-8/h1,4-5,8,15H,2-3,6-7H2,(H,16,17)/t8-/m1/s1. The molecule has 1 aliphatic rings. The van der Waals surface area contributed by atoms with E-state index in [0.29, 0.717) is 6.54 Å². The van der Waals surface area contributed by atoms with Gasteiger partial charge in [0, 0.05) is 6.54 Å². The summed E-state index contributed by atoms with van der Waals surface area (Å²) in [5.74, 6) is -2.40. The van der Waals surface area contributed by atoms with E-state index >= 15 is 0 Å². The maximum absolute atomic E-state index is 13.3. The van der Waals surface area contributed by atoms with Crippen LogP contribution in [-0.2, 0) is 4.79 Å². The second-order valence-electron chi connectivity index (χ2n) is 4.13. The quantitative estimate of drug-likeness (QED) is 0.829. The van der Waals surface area contributed by atoms with Crippen molar-refractivity contribution < 1.29 is 13.6 Å². The lowest BCUT2D eigenvalue weighted by Gasteiger charge is -2.21. The largest absolute Gasteiger partial charge is 0.323 e. The van der Waals surface area contributed by atoms with Gasteiger partial charge >= 0.3 is 0 Å². The highest BCUT2D eigenvalue weighted by molar-refractivity contribution is 5.92. The third kappa shape index (κ3) is 2.79. The van der Waals surface area contributed by atoms with Gasteiger partial charge < -0.3 is 10.6 Å². The minimum atomic E-state index is -1.01. The summed E-state index contributed by atoms with van der Waals surface area (Å²) in [5, 5.41) is 5.53. The molecule has 0 aromatic heterocycles. The Morgan fingerprint density at radius 2 is 2.24 bits per heavy atom. The van der Waals surface area contributed by atoms with Crippen molar-refractivity contribution in [1.29, 1.82) is 0 Å². The van der Waals surface area contributed by atoms with E-state index in [1.807, 2.05) is 0 Å². The number of amides is 1. The maximum atomic E-state index is 13.3. The zero-order valence-electron chi connectivity index (χ0n) is 9.30. The van der Waals surface area contributed by atoms with E-state index in [2.05, 4.69) is 10.6 Å². The van der Waals surface area contributed by atoms with Crippen molar-refractivity contribution in [1.82, 2.24) is 5.32 Å². The van der Waals surface area contributed by atoms with Gasteiger partial charge in [0.1, 0.15) is 0 Å². The van der Waals surface area contributed by atoms with E-state index in [4.69, 9.17) is 0 Å². The third-order valence-electron chi connectivity index (χ3n) is 2.88. The summed E-state index contributed by atoms with van der Waals surface area (Å²) < 4.78 is 26.3. The fraction of sp³-hybridized carbons (Fsp3) is 0.417. The molecule has 1 aromatic carbocycles. The number of carbonyl (C=O) groups is 1. The monoisotopic (exact) mass is 240 g/mol. The van der Waals surface area contributed by atoms with Crippen molar-refractivity contribution >= 4 is 11.6 Å². The summed E-state index contributed by atoms with van der Waals surface area (Å²) in [7, 11) is 0. The lowest BCUT2D eigenvalue weighted by molar-refractivity contribution is -0.120. The SMILES string of the molecule is O=C(Nc1cccc(F)c1F)[C@@H]1CCCNC1. The van der Waals surface area contributed by atoms with E-state index in [1.165, 1.54) is 12.1 Å². The molecule has 3 nitrogen and oxygen atoms in total. The van der Waals surface area contributed by atoms with Gasteiger partial charge in [0.15, 0.2) is 11.6 Å². The predicted molar refractivity (Wildman–Crippen MR) is 60.6 cm³/mol. The molecular formula is C12H14F2N2O. The number of piperidine rings is 1. The first-order chi connectivity index (χ1) is 8.18. The van der Waals surface area contributed by atoms with Gasteiger partial charge in [-0.2, -0.15) is 0 Å². The maximum Gasteiger partial charge on any atom is 0.228 e. The smallest absolute Gasteiger partial charge is 0.228 e. The molecule has 0 radical (unpaired) electrons. The molecular weight excluding hydrogens is 226 g/mol. The van der Waals surface area contributed by atoms with E-state index in [0.717, 1.165) is 25.5 Å². The van der Waals surface area contributed by atoms with Gasteiger partial charge in [-0.3, -0.25) is 4.79 Å². The van der Waals surface area contributed by atoms with Crippen LogP contribution in [0.1, 0.15) is 12.8 Å². The average molecular weight is 240 g/mol. The highest BCUT2D eigenvalue weighted by Crippen LogP contribution is 2.19. The van der Waals surface area contributed by atoms with Gasteiger partial charge in [0.2, 0.25) is 5.91 Å². The number of nitrogens with one attached hydrogen (secondary N) is 2. The van der Waals surface area contributed by atoms with E-state index in [9.17, 15) is 13.6 Å². The van der Waals surface area contributed by atoms with Gasteiger partial charge in [-0.15, -0.1) is 0 Å². The molecule has 1 amide bonds. The van der Waals surface area contributed by atoms with Crippen molar-refractivity contribution in [2.75, 3.05) is 18.4 Å². The van der Waals surface area contributed by atoms with Crippen LogP contribution in [0.4, 0.5) is 14.5 Å². The van der Waals surface area contributed by atoms with Crippen molar-refractivity contribution in [2.24, 2.45) is 5.92 Å². The summed E-state index contributed by atoms with van der Waals surface area (Å²) in [6.07, 6.45) is 1.69. The normalized spacial score (nSPS) is 20.0. The van der Waals surface area contributed by atoms with Crippen LogP contribution in [0.2, 0.25) is 0 Å². The van der Waals surface area contributed by atoms with Crippen LogP contribution in [-0.4, -0.2) is 19.0 Å². The number of anilines is 1. The Labute approximate surface area is 98.2 Å². The Kier molecular flexibility index (Phi) is 3.68. The minimum absolute atomic E-state index is 0.0967. The molecule has 1 aromatic rings. The number of carbonyl (C=O) groups excluding carboxylic acids is 1. The first kappa shape index (κ1) is 12.0. The predicted octanol–water partition coefficient (Wildman–Crippen LogP) is 1.90. The summed E-state index contributed by atoms with van der Waals surface area (Å²) in [4.78, 5) is 11.8. The fourth-order valence-electron chi connectivity index (χ4n) is 1.91. The van der Waals surface area contributed by atoms with Crippen LogP contribution in [0, 0.1) is 17.6 Å². The molecule has 1 aliphatic heterocycles. The van der Waals surface area contributed by atoms with Crippen molar-refractivity contribution in [3.8, 4) is 0 Å². The van der Waals surface area contributed by atoms with Gasteiger partial charge in [-0.05, 0) is 31.5 Å². The molecule has 5 heteroatoms. The van der Waals surface area contributed by atoms with Crippen LogP contribution in [0.3, 0.4) is 0 Å². The zero-order valence-corrected chi connectivity index (χ0v) is 9.30. The van der Waals surface area contributed by atoms with Gasteiger partial charge in [0.05, 0.1) is 11.6 Å². The topological polar surface area (TPSA) is 41.1 Å². The molecule has 2 rings (SSSR count). The summed E-state index contributed by atoms with van der Waals surface area (Å²) in [5.41, 5.74) is -0.0967. The first-order valence-electron chi connectivity index (χ1n) is 5.64. The Morgan fingerprint density at radius 3 is 2.94 bits per heavy atom. The molecule has 0 bridgehead atoms. The molecule has 1 atom stereocenters. The first-order valence-corrected chi connectivity index (χ1v) is 5.64.